The highest BCUT2D eigenvalue weighted by Gasteiger charge is 2.10. The second-order valence-electron chi connectivity index (χ2n) is 4.21. The lowest BCUT2D eigenvalue weighted by Crippen LogP contribution is -2.08. The number of aromatic hydroxyl groups is 1. The molecule has 0 aliphatic heterocycles. The average molecular weight is 272 g/mol. The van der Waals surface area contributed by atoms with Crippen molar-refractivity contribution in [3.8, 4) is 11.5 Å². The molecule has 4 heteroatoms. The molecule has 2 rings (SSSR count). The van der Waals surface area contributed by atoms with Gasteiger partial charge in [0.2, 0.25) is 0 Å². The first-order chi connectivity index (χ1) is 9.72. The first kappa shape index (κ1) is 13.9. The molecular weight excluding hydrogens is 256 g/mol. The van der Waals surface area contributed by atoms with Crippen LogP contribution in [0.3, 0.4) is 0 Å². The molecule has 0 spiro atoms. The number of carbonyl (C=O) groups is 1. The molecule has 0 aliphatic carbocycles. The summed E-state index contributed by atoms with van der Waals surface area (Å²) in [5.74, 6) is 0.348. The monoisotopic (exact) mass is 272 g/mol. The van der Waals surface area contributed by atoms with E-state index in [9.17, 15) is 9.90 Å². The molecule has 2 aromatic rings. The Morgan fingerprint density at radius 3 is 2.55 bits per heavy atom. The molecule has 0 aliphatic rings. The third-order valence-electron chi connectivity index (χ3n) is 2.92. The van der Waals surface area contributed by atoms with Crippen LogP contribution in [-0.4, -0.2) is 24.8 Å². The fourth-order valence-corrected chi connectivity index (χ4v) is 1.90. The van der Waals surface area contributed by atoms with Crippen LogP contribution in [0.5, 0.6) is 11.5 Å². The number of benzene rings is 2. The van der Waals surface area contributed by atoms with Crippen LogP contribution in [0.2, 0.25) is 0 Å². The third-order valence-corrected chi connectivity index (χ3v) is 2.92. The van der Waals surface area contributed by atoms with Gasteiger partial charge in [0.1, 0.15) is 11.5 Å². The van der Waals surface area contributed by atoms with Crippen LogP contribution in [0.25, 0.3) is 0 Å². The van der Waals surface area contributed by atoms with Crippen molar-refractivity contribution in [2.24, 2.45) is 0 Å². The minimum Gasteiger partial charge on any atom is -0.508 e. The number of carbonyl (C=O) groups excluding carboxylic acids is 1. The normalized spacial score (nSPS) is 10.1. The van der Waals surface area contributed by atoms with Gasteiger partial charge in [-0.15, -0.1) is 0 Å². The van der Waals surface area contributed by atoms with E-state index < -0.39 is 0 Å². The van der Waals surface area contributed by atoms with Gasteiger partial charge in [0.25, 0.3) is 0 Å². The molecule has 0 unspecified atom stereocenters. The van der Waals surface area contributed by atoms with Crippen molar-refractivity contribution in [1.29, 1.82) is 0 Å². The van der Waals surface area contributed by atoms with Crippen molar-refractivity contribution >= 4 is 5.97 Å². The van der Waals surface area contributed by atoms with Crippen molar-refractivity contribution in [3.05, 3.63) is 59.7 Å². The molecule has 0 bridgehead atoms. The summed E-state index contributed by atoms with van der Waals surface area (Å²) in [5, 5.41) is 9.78. The number of esters is 1. The van der Waals surface area contributed by atoms with Crippen LogP contribution in [0.4, 0.5) is 0 Å². The molecule has 0 radical (unpaired) electrons. The lowest BCUT2D eigenvalue weighted by molar-refractivity contribution is 0.0508. The second-order valence-corrected chi connectivity index (χ2v) is 4.21. The number of hydrogen-bond donors (Lipinski definition) is 1. The Kier molecular flexibility index (Phi) is 4.60. The molecule has 20 heavy (non-hydrogen) atoms. The summed E-state index contributed by atoms with van der Waals surface area (Å²) in [7, 11) is 1.54. The third kappa shape index (κ3) is 3.29. The van der Waals surface area contributed by atoms with Gasteiger partial charge in [-0.05, 0) is 24.3 Å². The molecule has 0 aromatic heterocycles. The van der Waals surface area contributed by atoms with E-state index in [1.165, 1.54) is 7.11 Å². The summed E-state index contributed by atoms with van der Waals surface area (Å²) in [5.41, 5.74) is 1.15. The maximum absolute atomic E-state index is 11.8. The van der Waals surface area contributed by atoms with Gasteiger partial charge in [-0.2, -0.15) is 0 Å². The first-order valence-electron chi connectivity index (χ1n) is 6.29. The quantitative estimate of drug-likeness (QED) is 0.850. The van der Waals surface area contributed by atoms with E-state index in [4.69, 9.17) is 9.47 Å². The predicted octanol–water partition coefficient (Wildman–Crippen LogP) is 2.80. The summed E-state index contributed by atoms with van der Waals surface area (Å²) >= 11 is 0. The Morgan fingerprint density at radius 2 is 1.85 bits per heavy atom. The van der Waals surface area contributed by atoms with Crippen LogP contribution < -0.4 is 4.74 Å². The standard InChI is InChI=1S/C16H16O4/c1-19-15-9-5-8-14(17)13(15)10-11-20-16(18)12-6-3-2-4-7-12/h2-9,17H,10-11H2,1H3. The van der Waals surface area contributed by atoms with Crippen molar-refractivity contribution in [2.75, 3.05) is 13.7 Å². The van der Waals surface area contributed by atoms with Gasteiger partial charge >= 0.3 is 5.97 Å². The van der Waals surface area contributed by atoms with Crippen molar-refractivity contribution in [1.82, 2.24) is 0 Å². The molecule has 0 heterocycles. The minimum absolute atomic E-state index is 0.139. The maximum atomic E-state index is 11.8. The Hall–Kier alpha value is -2.49. The van der Waals surface area contributed by atoms with Crippen LogP contribution in [0.15, 0.2) is 48.5 Å². The zero-order chi connectivity index (χ0) is 14.4. The van der Waals surface area contributed by atoms with E-state index in [1.54, 1.807) is 42.5 Å². The van der Waals surface area contributed by atoms with Crippen LogP contribution in [-0.2, 0) is 11.2 Å². The van der Waals surface area contributed by atoms with E-state index >= 15 is 0 Å². The highest BCUT2D eigenvalue weighted by molar-refractivity contribution is 5.89. The molecule has 0 atom stereocenters. The van der Waals surface area contributed by atoms with Gasteiger partial charge in [-0.25, -0.2) is 4.79 Å². The molecule has 2 aromatic carbocycles. The van der Waals surface area contributed by atoms with E-state index in [-0.39, 0.29) is 18.3 Å². The molecule has 1 N–H and O–H groups in total. The lowest BCUT2D eigenvalue weighted by atomic mass is 10.1. The predicted molar refractivity (Wildman–Crippen MR) is 75.1 cm³/mol. The molecule has 4 nitrogen and oxygen atoms in total. The topological polar surface area (TPSA) is 55.8 Å². The molecule has 0 saturated heterocycles. The van der Waals surface area contributed by atoms with E-state index in [0.717, 1.165) is 0 Å². The minimum atomic E-state index is -0.375. The Balaban J connectivity index is 1.95. The molecule has 104 valence electrons. The van der Waals surface area contributed by atoms with Crippen LogP contribution in [0.1, 0.15) is 15.9 Å². The Morgan fingerprint density at radius 1 is 1.10 bits per heavy atom. The number of hydrogen-bond acceptors (Lipinski definition) is 4. The SMILES string of the molecule is COc1cccc(O)c1CCOC(=O)c1ccccc1. The highest BCUT2D eigenvalue weighted by Crippen LogP contribution is 2.27. The maximum Gasteiger partial charge on any atom is 0.338 e. The van der Waals surface area contributed by atoms with Crippen molar-refractivity contribution in [2.45, 2.75) is 6.42 Å². The first-order valence-corrected chi connectivity index (χ1v) is 6.29. The Bertz CT molecular complexity index is 578. The second kappa shape index (κ2) is 6.61. The molecular formula is C16H16O4. The lowest BCUT2D eigenvalue weighted by Gasteiger charge is -2.10. The van der Waals surface area contributed by atoms with Gasteiger partial charge in [0.05, 0.1) is 19.3 Å². The fraction of sp³-hybridized carbons (Fsp3) is 0.188. The van der Waals surface area contributed by atoms with Crippen molar-refractivity contribution < 1.29 is 19.4 Å². The number of rotatable bonds is 5. The summed E-state index contributed by atoms with van der Waals surface area (Å²) < 4.78 is 10.3. The average Bonchev–Trinajstić information content (AvgIpc) is 2.49. The smallest absolute Gasteiger partial charge is 0.338 e. The summed E-state index contributed by atoms with van der Waals surface area (Å²) in [4.78, 5) is 11.8. The van der Waals surface area contributed by atoms with E-state index in [1.807, 2.05) is 6.07 Å². The Labute approximate surface area is 117 Å². The fourth-order valence-electron chi connectivity index (χ4n) is 1.90. The molecule has 0 saturated carbocycles. The summed E-state index contributed by atoms with van der Waals surface area (Å²) in [6, 6.07) is 13.8. The zero-order valence-electron chi connectivity index (χ0n) is 11.2. The molecule has 0 fully saturated rings. The van der Waals surface area contributed by atoms with Gasteiger partial charge in [0.15, 0.2) is 0 Å². The number of phenols is 1. The highest BCUT2D eigenvalue weighted by atomic mass is 16.5. The van der Waals surface area contributed by atoms with E-state index in [2.05, 4.69) is 0 Å². The summed E-state index contributed by atoms with van der Waals surface area (Å²) in [6.45, 7) is 0.182. The van der Waals surface area contributed by atoms with Gasteiger partial charge in [-0.1, -0.05) is 24.3 Å². The van der Waals surface area contributed by atoms with Crippen molar-refractivity contribution in [3.63, 3.8) is 0 Å². The van der Waals surface area contributed by atoms with Gasteiger partial charge in [-0.3, -0.25) is 0 Å². The van der Waals surface area contributed by atoms with Gasteiger partial charge < -0.3 is 14.6 Å². The zero-order valence-corrected chi connectivity index (χ0v) is 11.2. The van der Waals surface area contributed by atoms with Crippen LogP contribution >= 0.6 is 0 Å². The number of phenolic OH excluding ortho intramolecular Hbond substituents is 1. The molecule has 0 amide bonds. The number of ether oxygens (including phenoxy) is 2. The van der Waals surface area contributed by atoms with Crippen LogP contribution in [0, 0.1) is 0 Å². The largest absolute Gasteiger partial charge is 0.508 e. The van der Waals surface area contributed by atoms with E-state index in [0.29, 0.717) is 23.3 Å². The summed E-state index contributed by atoms with van der Waals surface area (Å²) in [6.07, 6.45) is 0.397. The van der Waals surface area contributed by atoms with Gasteiger partial charge in [0, 0.05) is 12.0 Å². The number of methoxy groups -OCH3 is 1.